The monoisotopic (exact) mass is 291 g/mol. The van der Waals surface area contributed by atoms with Gasteiger partial charge >= 0.3 is 0 Å². The molecule has 0 aliphatic carbocycles. The highest BCUT2D eigenvalue weighted by Crippen LogP contribution is 2.19. The van der Waals surface area contributed by atoms with Gasteiger partial charge in [-0.2, -0.15) is 0 Å². The van der Waals surface area contributed by atoms with Crippen molar-refractivity contribution in [3.8, 4) is 0 Å². The molecule has 0 aliphatic rings. The summed E-state index contributed by atoms with van der Waals surface area (Å²) in [5.74, 6) is 1.10. The van der Waals surface area contributed by atoms with Gasteiger partial charge in [0, 0.05) is 30.9 Å². The van der Waals surface area contributed by atoms with E-state index in [-0.39, 0.29) is 5.54 Å². The molecule has 1 atom stereocenters. The van der Waals surface area contributed by atoms with E-state index in [0.717, 1.165) is 31.6 Å². The van der Waals surface area contributed by atoms with Crippen molar-refractivity contribution in [1.82, 2.24) is 10.3 Å². The molecule has 0 saturated carbocycles. The number of nitrogens with one attached hydrogen (secondary N) is 1. The second-order valence-corrected chi connectivity index (χ2v) is 7.05. The van der Waals surface area contributed by atoms with Gasteiger partial charge in [-0.3, -0.25) is 0 Å². The van der Waals surface area contributed by atoms with Crippen LogP contribution in [0.4, 0.5) is 5.82 Å². The zero-order valence-corrected chi connectivity index (χ0v) is 15.0. The van der Waals surface area contributed by atoms with Crippen LogP contribution < -0.4 is 10.2 Å². The van der Waals surface area contributed by atoms with Gasteiger partial charge in [-0.25, -0.2) is 4.98 Å². The Balaban J connectivity index is 2.99. The zero-order chi connectivity index (χ0) is 16.0. The maximum atomic E-state index is 4.83. The lowest BCUT2D eigenvalue weighted by Gasteiger charge is -2.26. The van der Waals surface area contributed by atoms with Gasteiger partial charge in [0.15, 0.2) is 0 Å². The third-order valence-corrected chi connectivity index (χ3v) is 3.87. The van der Waals surface area contributed by atoms with Gasteiger partial charge in [-0.15, -0.1) is 0 Å². The van der Waals surface area contributed by atoms with Gasteiger partial charge in [-0.05, 0) is 58.2 Å². The highest BCUT2D eigenvalue weighted by Gasteiger charge is 2.13. The molecule has 0 spiro atoms. The van der Waals surface area contributed by atoms with Crippen molar-refractivity contribution in [2.75, 3.05) is 11.9 Å². The number of hydrogen-bond donors (Lipinski definition) is 1. The molecule has 3 nitrogen and oxygen atoms in total. The zero-order valence-electron chi connectivity index (χ0n) is 15.0. The molecule has 0 amide bonds. The first-order valence-electron chi connectivity index (χ1n) is 8.24. The van der Waals surface area contributed by atoms with Crippen LogP contribution in [0.2, 0.25) is 0 Å². The van der Waals surface area contributed by atoms with Crippen molar-refractivity contribution in [2.24, 2.45) is 0 Å². The molecular formula is C18H33N3. The van der Waals surface area contributed by atoms with E-state index < -0.39 is 0 Å². The Morgan fingerprint density at radius 1 is 1.24 bits per heavy atom. The van der Waals surface area contributed by atoms with Gasteiger partial charge in [0.1, 0.15) is 5.82 Å². The Morgan fingerprint density at radius 3 is 2.43 bits per heavy atom. The number of anilines is 1. The standard InChI is InChI=1S/C18H33N3/c1-8-10-16-11-15(13-19-18(4,5)6)12-17(20-16)21(7)14(3)9-2/h11-12,14,19H,8-10,13H2,1-7H3. The summed E-state index contributed by atoms with van der Waals surface area (Å²) >= 11 is 0. The minimum absolute atomic E-state index is 0.136. The first kappa shape index (κ1) is 18.0. The molecule has 21 heavy (non-hydrogen) atoms. The molecule has 1 N–H and O–H groups in total. The van der Waals surface area contributed by atoms with Gasteiger partial charge in [0.05, 0.1) is 0 Å². The average Bonchev–Trinajstić information content (AvgIpc) is 2.43. The van der Waals surface area contributed by atoms with Crippen LogP contribution in [0.15, 0.2) is 12.1 Å². The number of rotatable bonds is 7. The van der Waals surface area contributed by atoms with E-state index in [9.17, 15) is 0 Å². The summed E-state index contributed by atoms with van der Waals surface area (Å²) < 4.78 is 0. The lowest BCUT2D eigenvalue weighted by atomic mass is 10.1. The predicted molar refractivity (Wildman–Crippen MR) is 93.0 cm³/mol. The molecule has 0 aromatic carbocycles. The molecule has 1 unspecified atom stereocenters. The lowest BCUT2D eigenvalue weighted by molar-refractivity contribution is 0.424. The van der Waals surface area contributed by atoms with Crippen molar-refractivity contribution in [1.29, 1.82) is 0 Å². The van der Waals surface area contributed by atoms with E-state index in [2.05, 4.69) is 70.9 Å². The van der Waals surface area contributed by atoms with Gasteiger partial charge in [0.25, 0.3) is 0 Å². The van der Waals surface area contributed by atoms with Crippen molar-refractivity contribution in [2.45, 2.75) is 78.9 Å². The van der Waals surface area contributed by atoms with Crippen molar-refractivity contribution >= 4 is 5.82 Å². The number of pyridine rings is 1. The smallest absolute Gasteiger partial charge is 0.129 e. The predicted octanol–water partition coefficient (Wildman–Crippen LogP) is 4.16. The quantitative estimate of drug-likeness (QED) is 0.817. The van der Waals surface area contributed by atoms with E-state index in [1.54, 1.807) is 0 Å². The van der Waals surface area contributed by atoms with E-state index in [1.165, 1.54) is 11.3 Å². The molecule has 120 valence electrons. The first-order chi connectivity index (χ1) is 9.76. The van der Waals surface area contributed by atoms with Crippen LogP contribution in [0.5, 0.6) is 0 Å². The fraction of sp³-hybridized carbons (Fsp3) is 0.722. The molecular weight excluding hydrogens is 258 g/mol. The Labute approximate surface area is 131 Å². The van der Waals surface area contributed by atoms with E-state index >= 15 is 0 Å². The molecule has 0 aliphatic heterocycles. The molecule has 1 aromatic rings. The maximum Gasteiger partial charge on any atom is 0.129 e. The normalized spacial score (nSPS) is 13.3. The van der Waals surface area contributed by atoms with Crippen LogP contribution in [-0.4, -0.2) is 23.6 Å². The second-order valence-electron chi connectivity index (χ2n) is 7.05. The Hall–Kier alpha value is -1.09. The summed E-state index contributed by atoms with van der Waals surface area (Å²) in [5, 5.41) is 3.57. The summed E-state index contributed by atoms with van der Waals surface area (Å²) in [6, 6.07) is 4.98. The highest BCUT2D eigenvalue weighted by molar-refractivity contribution is 5.43. The minimum Gasteiger partial charge on any atom is -0.357 e. The molecule has 0 fully saturated rings. The highest BCUT2D eigenvalue weighted by atomic mass is 15.2. The van der Waals surface area contributed by atoms with Gasteiger partial charge < -0.3 is 10.2 Å². The fourth-order valence-corrected chi connectivity index (χ4v) is 2.17. The van der Waals surface area contributed by atoms with Crippen LogP contribution >= 0.6 is 0 Å². The molecule has 0 saturated heterocycles. The third kappa shape index (κ3) is 6.04. The van der Waals surface area contributed by atoms with E-state index in [0.29, 0.717) is 6.04 Å². The second kappa shape index (κ2) is 7.79. The Kier molecular flexibility index (Phi) is 6.66. The van der Waals surface area contributed by atoms with Crippen LogP contribution in [-0.2, 0) is 13.0 Å². The molecule has 3 heteroatoms. The fourth-order valence-electron chi connectivity index (χ4n) is 2.17. The number of nitrogens with zero attached hydrogens (tertiary/aromatic N) is 2. The van der Waals surface area contributed by atoms with Crippen LogP contribution in [0.3, 0.4) is 0 Å². The van der Waals surface area contributed by atoms with Crippen LogP contribution in [0, 0.1) is 0 Å². The molecule has 1 heterocycles. The largest absolute Gasteiger partial charge is 0.357 e. The number of aromatic nitrogens is 1. The molecule has 1 aromatic heterocycles. The summed E-state index contributed by atoms with van der Waals surface area (Å²) in [6.07, 6.45) is 3.31. The number of hydrogen-bond acceptors (Lipinski definition) is 3. The first-order valence-corrected chi connectivity index (χ1v) is 8.24. The molecule has 1 rings (SSSR count). The van der Waals surface area contributed by atoms with Crippen molar-refractivity contribution < 1.29 is 0 Å². The lowest BCUT2D eigenvalue weighted by Crippen LogP contribution is -2.35. The topological polar surface area (TPSA) is 28.2 Å². The van der Waals surface area contributed by atoms with Crippen LogP contribution in [0.25, 0.3) is 0 Å². The Morgan fingerprint density at radius 2 is 1.90 bits per heavy atom. The van der Waals surface area contributed by atoms with Gasteiger partial charge in [0.2, 0.25) is 0 Å². The average molecular weight is 291 g/mol. The maximum absolute atomic E-state index is 4.83. The summed E-state index contributed by atoms with van der Waals surface area (Å²) in [6.45, 7) is 14.2. The third-order valence-electron chi connectivity index (χ3n) is 3.87. The van der Waals surface area contributed by atoms with Crippen LogP contribution in [0.1, 0.15) is 65.6 Å². The number of aryl methyl sites for hydroxylation is 1. The van der Waals surface area contributed by atoms with Crippen molar-refractivity contribution in [3.05, 3.63) is 23.4 Å². The molecule has 0 bridgehead atoms. The summed E-state index contributed by atoms with van der Waals surface area (Å²) in [4.78, 5) is 7.13. The molecule has 0 radical (unpaired) electrons. The van der Waals surface area contributed by atoms with Crippen molar-refractivity contribution in [3.63, 3.8) is 0 Å². The minimum atomic E-state index is 0.136. The Bertz CT molecular complexity index is 435. The van der Waals surface area contributed by atoms with E-state index in [1.807, 2.05) is 0 Å². The van der Waals surface area contributed by atoms with Gasteiger partial charge in [-0.1, -0.05) is 20.3 Å². The summed E-state index contributed by atoms with van der Waals surface area (Å²) in [7, 11) is 2.15. The van der Waals surface area contributed by atoms with E-state index in [4.69, 9.17) is 4.98 Å². The summed E-state index contributed by atoms with van der Waals surface area (Å²) in [5.41, 5.74) is 2.67. The SMILES string of the molecule is CCCc1cc(CNC(C)(C)C)cc(N(C)C(C)CC)n1.